The van der Waals surface area contributed by atoms with Crippen LogP contribution in [0.5, 0.6) is 11.5 Å². The summed E-state index contributed by atoms with van der Waals surface area (Å²) in [5.41, 5.74) is 1.06. The van der Waals surface area contributed by atoms with Gasteiger partial charge in [-0.3, -0.25) is 4.99 Å². The third-order valence-electron chi connectivity index (χ3n) is 3.15. The molecule has 108 valence electrons. The topological polar surface area (TPSA) is 42.9 Å². The Hall–Kier alpha value is -2.49. The molecule has 0 saturated heterocycles. The number of nitrogens with zero attached hydrogens (tertiary/aromatic N) is 1. The molecule has 0 aromatic heterocycles. The zero-order chi connectivity index (χ0) is 14.3. The van der Waals surface area contributed by atoms with Crippen molar-refractivity contribution in [2.24, 2.45) is 4.99 Å². The average Bonchev–Trinajstić information content (AvgIpc) is 3.07. The van der Waals surface area contributed by atoms with Gasteiger partial charge in [0.2, 0.25) is 0 Å². The highest BCUT2D eigenvalue weighted by Gasteiger charge is 2.08. The Bertz CT molecular complexity index is 611. The molecule has 0 spiro atoms. The molecular weight excluding hydrogens is 264 g/mol. The number of nitrogens with one attached hydrogen (secondary N) is 1. The molecule has 4 nitrogen and oxygen atoms in total. The fourth-order valence-corrected chi connectivity index (χ4v) is 2.16. The van der Waals surface area contributed by atoms with Gasteiger partial charge < -0.3 is 14.8 Å². The molecule has 0 aliphatic carbocycles. The first kappa shape index (κ1) is 13.5. The lowest BCUT2D eigenvalue weighted by Gasteiger charge is -2.09. The molecule has 2 aromatic carbocycles. The predicted molar refractivity (Wildman–Crippen MR) is 83.3 cm³/mol. The van der Waals surface area contributed by atoms with Gasteiger partial charge in [-0.1, -0.05) is 30.3 Å². The molecule has 21 heavy (non-hydrogen) atoms. The van der Waals surface area contributed by atoms with Crippen molar-refractivity contribution in [1.29, 1.82) is 0 Å². The summed E-state index contributed by atoms with van der Waals surface area (Å²) >= 11 is 0. The SMILES string of the molecule is c1ccc(OCCOc2cccc(C3=NCCN3)c2)cc1. The van der Waals surface area contributed by atoms with Crippen molar-refractivity contribution >= 4 is 5.84 Å². The molecule has 0 fully saturated rings. The van der Waals surface area contributed by atoms with E-state index in [1.807, 2.05) is 54.6 Å². The fraction of sp³-hybridized carbons (Fsp3) is 0.235. The molecule has 0 bridgehead atoms. The van der Waals surface area contributed by atoms with Gasteiger partial charge in [0.05, 0.1) is 6.54 Å². The molecular formula is C17H18N2O2. The van der Waals surface area contributed by atoms with Crippen LogP contribution in [0.1, 0.15) is 5.56 Å². The molecule has 1 heterocycles. The minimum Gasteiger partial charge on any atom is -0.490 e. The first-order chi connectivity index (χ1) is 10.4. The molecule has 0 radical (unpaired) electrons. The van der Waals surface area contributed by atoms with Crippen molar-refractivity contribution in [3.05, 3.63) is 60.2 Å². The van der Waals surface area contributed by atoms with Crippen molar-refractivity contribution in [1.82, 2.24) is 5.32 Å². The Balaban J connectivity index is 1.50. The van der Waals surface area contributed by atoms with Crippen LogP contribution in [0.4, 0.5) is 0 Å². The van der Waals surface area contributed by atoms with Gasteiger partial charge >= 0.3 is 0 Å². The number of ether oxygens (including phenoxy) is 2. The van der Waals surface area contributed by atoms with E-state index in [4.69, 9.17) is 9.47 Å². The zero-order valence-electron chi connectivity index (χ0n) is 11.8. The van der Waals surface area contributed by atoms with Gasteiger partial charge in [0.15, 0.2) is 0 Å². The van der Waals surface area contributed by atoms with Crippen molar-refractivity contribution in [2.45, 2.75) is 0 Å². The van der Waals surface area contributed by atoms with E-state index in [0.29, 0.717) is 13.2 Å². The summed E-state index contributed by atoms with van der Waals surface area (Å²) in [6.45, 7) is 2.78. The molecule has 0 atom stereocenters. The van der Waals surface area contributed by atoms with Gasteiger partial charge in [0, 0.05) is 12.1 Å². The normalized spacial score (nSPS) is 13.4. The second kappa shape index (κ2) is 6.79. The number of aliphatic imine (C=N–C) groups is 1. The van der Waals surface area contributed by atoms with Crippen LogP contribution in [0.25, 0.3) is 0 Å². The van der Waals surface area contributed by atoms with E-state index in [9.17, 15) is 0 Å². The van der Waals surface area contributed by atoms with Crippen LogP contribution < -0.4 is 14.8 Å². The zero-order valence-corrected chi connectivity index (χ0v) is 11.8. The van der Waals surface area contributed by atoms with Crippen LogP contribution in [-0.4, -0.2) is 32.1 Å². The summed E-state index contributed by atoms with van der Waals surface area (Å²) in [6, 6.07) is 17.7. The molecule has 3 rings (SSSR count). The molecule has 0 amide bonds. The lowest BCUT2D eigenvalue weighted by atomic mass is 10.2. The summed E-state index contributed by atoms with van der Waals surface area (Å²) < 4.78 is 11.3. The number of rotatable bonds is 6. The van der Waals surface area contributed by atoms with Crippen LogP contribution in [0, 0.1) is 0 Å². The van der Waals surface area contributed by atoms with Gasteiger partial charge in [0.25, 0.3) is 0 Å². The highest BCUT2D eigenvalue weighted by atomic mass is 16.5. The van der Waals surface area contributed by atoms with Crippen LogP contribution in [0.15, 0.2) is 59.6 Å². The number of amidine groups is 1. The highest BCUT2D eigenvalue weighted by molar-refractivity contribution is 6.00. The van der Waals surface area contributed by atoms with Gasteiger partial charge in [0.1, 0.15) is 30.5 Å². The first-order valence-electron chi connectivity index (χ1n) is 7.11. The van der Waals surface area contributed by atoms with Crippen LogP contribution in [0.2, 0.25) is 0 Å². The maximum atomic E-state index is 5.72. The summed E-state index contributed by atoms with van der Waals surface area (Å²) in [4.78, 5) is 4.41. The standard InChI is InChI=1S/C17H18N2O2/c1-2-6-15(7-3-1)20-11-12-21-16-8-4-5-14(13-16)17-18-9-10-19-17/h1-8,13H,9-12H2,(H,18,19). The van der Waals surface area contributed by atoms with Crippen molar-refractivity contribution in [2.75, 3.05) is 26.3 Å². The van der Waals surface area contributed by atoms with E-state index in [1.54, 1.807) is 0 Å². The quantitative estimate of drug-likeness (QED) is 0.828. The van der Waals surface area contributed by atoms with Gasteiger partial charge in [-0.15, -0.1) is 0 Å². The summed E-state index contributed by atoms with van der Waals surface area (Å²) in [5, 5.41) is 3.26. The fourth-order valence-electron chi connectivity index (χ4n) is 2.16. The Morgan fingerprint density at radius 1 is 0.905 bits per heavy atom. The van der Waals surface area contributed by atoms with Gasteiger partial charge in [-0.25, -0.2) is 0 Å². The maximum absolute atomic E-state index is 5.72. The smallest absolute Gasteiger partial charge is 0.128 e. The molecule has 0 unspecified atom stereocenters. The predicted octanol–water partition coefficient (Wildman–Crippen LogP) is 2.49. The number of hydrogen-bond donors (Lipinski definition) is 1. The van der Waals surface area contributed by atoms with E-state index in [2.05, 4.69) is 10.3 Å². The van der Waals surface area contributed by atoms with E-state index in [1.165, 1.54) is 0 Å². The third-order valence-corrected chi connectivity index (χ3v) is 3.15. The minimum atomic E-state index is 0.512. The van der Waals surface area contributed by atoms with Crippen LogP contribution >= 0.6 is 0 Å². The van der Waals surface area contributed by atoms with E-state index >= 15 is 0 Å². The number of benzene rings is 2. The molecule has 4 heteroatoms. The molecule has 0 saturated carbocycles. The largest absolute Gasteiger partial charge is 0.490 e. The molecule has 1 N–H and O–H groups in total. The third kappa shape index (κ3) is 3.75. The second-order valence-corrected chi connectivity index (χ2v) is 4.69. The van der Waals surface area contributed by atoms with Gasteiger partial charge in [-0.05, 0) is 24.3 Å². The first-order valence-corrected chi connectivity index (χ1v) is 7.11. The van der Waals surface area contributed by atoms with Crippen molar-refractivity contribution < 1.29 is 9.47 Å². The highest BCUT2D eigenvalue weighted by Crippen LogP contribution is 2.15. The second-order valence-electron chi connectivity index (χ2n) is 4.69. The Labute approximate surface area is 124 Å². The molecule has 1 aliphatic rings. The van der Waals surface area contributed by atoms with E-state index in [0.717, 1.165) is 36.0 Å². The number of para-hydroxylation sites is 1. The van der Waals surface area contributed by atoms with Crippen molar-refractivity contribution in [3.8, 4) is 11.5 Å². The van der Waals surface area contributed by atoms with Crippen LogP contribution in [0.3, 0.4) is 0 Å². The number of hydrogen-bond acceptors (Lipinski definition) is 4. The molecule has 1 aliphatic heterocycles. The van der Waals surface area contributed by atoms with E-state index < -0.39 is 0 Å². The lowest BCUT2D eigenvalue weighted by molar-refractivity contribution is 0.217. The van der Waals surface area contributed by atoms with Crippen molar-refractivity contribution in [3.63, 3.8) is 0 Å². The Morgan fingerprint density at radius 3 is 2.43 bits per heavy atom. The summed E-state index contributed by atoms with van der Waals surface area (Å²) in [5.74, 6) is 2.64. The van der Waals surface area contributed by atoms with Gasteiger partial charge in [-0.2, -0.15) is 0 Å². The maximum Gasteiger partial charge on any atom is 0.128 e. The summed E-state index contributed by atoms with van der Waals surface area (Å²) in [6.07, 6.45) is 0. The average molecular weight is 282 g/mol. The Morgan fingerprint density at radius 2 is 1.67 bits per heavy atom. The van der Waals surface area contributed by atoms with E-state index in [-0.39, 0.29) is 0 Å². The minimum absolute atomic E-state index is 0.512. The Kier molecular flexibility index (Phi) is 4.36. The lowest BCUT2D eigenvalue weighted by Crippen LogP contribution is -2.19. The summed E-state index contributed by atoms with van der Waals surface area (Å²) in [7, 11) is 0. The van der Waals surface area contributed by atoms with Crippen LogP contribution in [-0.2, 0) is 0 Å². The molecule has 2 aromatic rings. The monoisotopic (exact) mass is 282 g/mol.